The maximum Gasteiger partial charge on any atom is 0.282 e. The molecule has 196 valence electrons. The standard InChI is InChI=1S/C28H26BrClN4O4/c1-4-17(2)27-33-23-13-8-19(29)14-22(23)28(36)34(27)31-15-18-6-5-7-24(37-3)26(18)38-16-25(35)32-21-11-9-20(30)10-12-21/h5-15,17H,4,16H2,1-3H3,(H,32,35)/t17-/m1/s1. The predicted molar refractivity (Wildman–Crippen MR) is 154 cm³/mol. The minimum Gasteiger partial charge on any atom is -0.493 e. The van der Waals surface area contributed by atoms with Gasteiger partial charge < -0.3 is 14.8 Å². The predicted octanol–water partition coefficient (Wildman–Crippen LogP) is 6.23. The molecule has 4 aromatic rings. The van der Waals surface area contributed by atoms with Gasteiger partial charge in [-0.05, 0) is 61.0 Å². The molecule has 0 unspecified atom stereocenters. The normalized spacial score (nSPS) is 12.0. The van der Waals surface area contributed by atoms with Gasteiger partial charge in [-0.15, -0.1) is 0 Å². The quantitative estimate of drug-likeness (QED) is 0.231. The maximum atomic E-state index is 13.4. The van der Waals surface area contributed by atoms with Crippen molar-refractivity contribution in [1.82, 2.24) is 9.66 Å². The first kappa shape index (κ1) is 27.3. The first-order chi connectivity index (χ1) is 18.3. The van der Waals surface area contributed by atoms with Gasteiger partial charge in [-0.2, -0.15) is 9.78 Å². The van der Waals surface area contributed by atoms with E-state index in [0.717, 1.165) is 10.9 Å². The van der Waals surface area contributed by atoms with Crippen molar-refractivity contribution in [2.75, 3.05) is 19.0 Å². The average molecular weight is 598 g/mol. The highest BCUT2D eigenvalue weighted by Gasteiger charge is 2.17. The molecular formula is C28H26BrClN4O4. The van der Waals surface area contributed by atoms with Crippen LogP contribution in [0, 0.1) is 0 Å². The van der Waals surface area contributed by atoms with Crippen LogP contribution in [0.1, 0.15) is 37.6 Å². The van der Waals surface area contributed by atoms with E-state index in [2.05, 4.69) is 26.3 Å². The lowest BCUT2D eigenvalue weighted by molar-refractivity contribution is -0.118. The van der Waals surface area contributed by atoms with Gasteiger partial charge in [-0.1, -0.05) is 47.4 Å². The summed E-state index contributed by atoms with van der Waals surface area (Å²) in [6.07, 6.45) is 2.29. The summed E-state index contributed by atoms with van der Waals surface area (Å²) in [6.45, 7) is 3.76. The second-order valence-electron chi connectivity index (χ2n) is 8.52. The molecule has 3 aromatic carbocycles. The van der Waals surface area contributed by atoms with Crippen LogP contribution in [0.5, 0.6) is 11.5 Å². The molecule has 8 nitrogen and oxygen atoms in total. The third-order valence-electron chi connectivity index (χ3n) is 5.90. The van der Waals surface area contributed by atoms with Crippen molar-refractivity contribution in [2.45, 2.75) is 26.2 Å². The molecule has 1 amide bonds. The molecule has 1 heterocycles. The summed E-state index contributed by atoms with van der Waals surface area (Å²) in [5, 5.41) is 8.29. The van der Waals surface area contributed by atoms with Crippen LogP contribution in [0.2, 0.25) is 5.02 Å². The number of para-hydroxylation sites is 1. The van der Waals surface area contributed by atoms with E-state index in [0.29, 0.717) is 44.5 Å². The Labute approximate surface area is 233 Å². The van der Waals surface area contributed by atoms with E-state index in [9.17, 15) is 9.59 Å². The second kappa shape index (κ2) is 12.2. The monoisotopic (exact) mass is 596 g/mol. The van der Waals surface area contributed by atoms with Crippen LogP contribution in [0.25, 0.3) is 10.9 Å². The Morgan fingerprint density at radius 1 is 1.21 bits per heavy atom. The van der Waals surface area contributed by atoms with Crippen LogP contribution in [0.3, 0.4) is 0 Å². The number of nitrogens with one attached hydrogen (secondary N) is 1. The number of ether oxygens (including phenoxy) is 2. The Balaban J connectivity index is 1.66. The van der Waals surface area contributed by atoms with Crippen molar-refractivity contribution in [1.29, 1.82) is 0 Å². The number of nitrogens with zero attached hydrogens (tertiary/aromatic N) is 3. The van der Waals surface area contributed by atoms with E-state index in [1.165, 1.54) is 18.0 Å². The van der Waals surface area contributed by atoms with Crippen molar-refractivity contribution < 1.29 is 14.3 Å². The number of rotatable bonds is 9. The van der Waals surface area contributed by atoms with Crippen molar-refractivity contribution in [2.24, 2.45) is 5.10 Å². The van der Waals surface area contributed by atoms with E-state index in [1.807, 2.05) is 26.0 Å². The Morgan fingerprint density at radius 2 is 1.97 bits per heavy atom. The lowest BCUT2D eigenvalue weighted by atomic mass is 10.1. The zero-order valence-electron chi connectivity index (χ0n) is 21.1. The molecule has 1 aromatic heterocycles. The van der Waals surface area contributed by atoms with Crippen LogP contribution >= 0.6 is 27.5 Å². The molecule has 4 rings (SSSR count). The lowest BCUT2D eigenvalue weighted by Crippen LogP contribution is -2.24. The summed E-state index contributed by atoms with van der Waals surface area (Å²) in [5.41, 5.74) is 1.45. The van der Waals surface area contributed by atoms with Gasteiger partial charge in [0.25, 0.3) is 11.5 Å². The Kier molecular flexibility index (Phi) is 8.81. The summed E-state index contributed by atoms with van der Waals surface area (Å²) in [6, 6.07) is 17.4. The first-order valence-corrected chi connectivity index (χ1v) is 13.1. The molecule has 0 aliphatic heterocycles. The Morgan fingerprint density at radius 3 is 2.68 bits per heavy atom. The van der Waals surface area contributed by atoms with Crippen LogP contribution in [0.15, 0.2) is 75.0 Å². The number of hydrogen-bond donors (Lipinski definition) is 1. The summed E-state index contributed by atoms with van der Waals surface area (Å²) in [5.74, 6) is 0.922. The zero-order valence-corrected chi connectivity index (χ0v) is 23.4. The van der Waals surface area contributed by atoms with E-state index in [-0.39, 0.29) is 24.0 Å². The van der Waals surface area contributed by atoms with Crippen molar-refractivity contribution in [3.63, 3.8) is 0 Å². The highest BCUT2D eigenvalue weighted by molar-refractivity contribution is 9.10. The topological polar surface area (TPSA) is 94.8 Å². The Hall–Kier alpha value is -3.69. The van der Waals surface area contributed by atoms with Crippen LogP contribution in [0.4, 0.5) is 5.69 Å². The molecule has 0 aliphatic carbocycles. The van der Waals surface area contributed by atoms with E-state index >= 15 is 0 Å². The fourth-order valence-electron chi connectivity index (χ4n) is 3.72. The smallest absolute Gasteiger partial charge is 0.282 e. The second-order valence-corrected chi connectivity index (χ2v) is 9.88. The number of halogens is 2. The molecule has 0 saturated heterocycles. The number of carbonyl (C=O) groups is 1. The highest BCUT2D eigenvalue weighted by atomic mass is 79.9. The SMILES string of the molecule is CC[C@@H](C)c1nc2ccc(Br)cc2c(=O)n1N=Cc1cccc(OC)c1OCC(=O)Nc1ccc(Cl)cc1. The number of anilines is 1. The van der Waals surface area contributed by atoms with Gasteiger partial charge >= 0.3 is 0 Å². The summed E-state index contributed by atoms with van der Waals surface area (Å²) >= 11 is 9.33. The van der Waals surface area contributed by atoms with Gasteiger partial charge in [0.1, 0.15) is 5.82 Å². The van der Waals surface area contributed by atoms with Crippen LogP contribution in [-0.4, -0.2) is 35.5 Å². The third-order valence-corrected chi connectivity index (χ3v) is 6.65. The molecule has 10 heteroatoms. The summed E-state index contributed by atoms with van der Waals surface area (Å²) < 4.78 is 13.4. The number of amides is 1. The number of methoxy groups -OCH3 is 1. The fourth-order valence-corrected chi connectivity index (χ4v) is 4.20. The van der Waals surface area contributed by atoms with Gasteiger partial charge in [0.15, 0.2) is 18.1 Å². The molecule has 0 aliphatic rings. The molecule has 0 bridgehead atoms. The minimum atomic E-state index is -0.360. The van der Waals surface area contributed by atoms with Gasteiger partial charge in [-0.3, -0.25) is 9.59 Å². The number of carbonyl (C=O) groups excluding carboxylic acids is 1. The molecular weight excluding hydrogens is 572 g/mol. The molecule has 0 spiro atoms. The average Bonchev–Trinajstić information content (AvgIpc) is 2.92. The van der Waals surface area contributed by atoms with E-state index in [4.69, 9.17) is 26.1 Å². The zero-order chi connectivity index (χ0) is 27.2. The van der Waals surface area contributed by atoms with Gasteiger partial charge in [0.2, 0.25) is 0 Å². The van der Waals surface area contributed by atoms with Crippen LogP contribution in [-0.2, 0) is 4.79 Å². The fraction of sp³-hybridized carbons (Fsp3) is 0.214. The number of aromatic nitrogens is 2. The molecule has 1 atom stereocenters. The van der Waals surface area contributed by atoms with E-state index < -0.39 is 0 Å². The summed E-state index contributed by atoms with van der Waals surface area (Å²) in [7, 11) is 1.51. The van der Waals surface area contributed by atoms with Gasteiger partial charge in [0.05, 0.1) is 24.2 Å². The number of benzene rings is 3. The van der Waals surface area contributed by atoms with Crippen molar-refractivity contribution in [3.05, 3.63) is 91.9 Å². The minimum absolute atomic E-state index is 0.00881. The largest absolute Gasteiger partial charge is 0.493 e. The number of hydrogen-bond acceptors (Lipinski definition) is 6. The first-order valence-electron chi connectivity index (χ1n) is 11.9. The Bertz CT molecular complexity index is 1550. The van der Waals surface area contributed by atoms with Gasteiger partial charge in [-0.25, -0.2) is 4.98 Å². The maximum absolute atomic E-state index is 13.4. The van der Waals surface area contributed by atoms with Crippen LogP contribution < -0.4 is 20.3 Å². The van der Waals surface area contributed by atoms with Crippen molar-refractivity contribution in [3.8, 4) is 11.5 Å². The highest BCUT2D eigenvalue weighted by Crippen LogP contribution is 2.30. The van der Waals surface area contributed by atoms with Crippen molar-refractivity contribution >= 4 is 56.2 Å². The summed E-state index contributed by atoms with van der Waals surface area (Å²) in [4.78, 5) is 30.7. The van der Waals surface area contributed by atoms with Gasteiger partial charge in [0, 0.05) is 26.7 Å². The molecule has 0 radical (unpaired) electrons. The molecule has 1 N–H and O–H groups in total. The van der Waals surface area contributed by atoms with E-state index in [1.54, 1.807) is 48.5 Å². The lowest BCUT2D eigenvalue weighted by Gasteiger charge is -2.15. The molecule has 38 heavy (non-hydrogen) atoms. The molecule has 0 fully saturated rings. The third kappa shape index (κ3) is 6.23. The number of fused-ring (bicyclic) bond motifs is 1. The molecule has 0 saturated carbocycles.